The van der Waals surface area contributed by atoms with Crippen LogP contribution in [0, 0.1) is 6.54 Å². The fraction of sp³-hybridized carbons (Fsp3) is 0.231. The largest absolute Gasteiger partial charge is 0.332 e. The molecule has 2 nitrogen and oxygen atoms in total. The van der Waals surface area contributed by atoms with E-state index in [-0.39, 0.29) is 0 Å². The van der Waals surface area contributed by atoms with E-state index in [0.29, 0.717) is 0 Å². The maximum absolute atomic E-state index is 4.37. The number of imidazole rings is 1. The fourth-order valence-electron chi connectivity index (χ4n) is 1.47. The van der Waals surface area contributed by atoms with Crippen LogP contribution in [0.25, 0.3) is 11.3 Å². The number of aromatic nitrogens is 2. The number of unbranched alkanes of at least 4 members (excludes halogenated alkanes) is 1. The number of nitrogens with zero attached hydrogens (tertiary/aromatic N) is 2. The van der Waals surface area contributed by atoms with E-state index in [1.54, 1.807) is 0 Å². The van der Waals surface area contributed by atoms with Gasteiger partial charge in [-0.3, -0.25) is 0 Å². The Kier molecular flexibility index (Phi) is 3.18. The number of hydrogen-bond donors (Lipinski definition) is 0. The SMILES string of the molecule is CCC[CH]n1cnc(-c2ccccc2)c1. The van der Waals surface area contributed by atoms with Gasteiger partial charge in [0.05, 0.1) is 18.6 Å². The lowest BCUT2D eigenvalue weighted by molar-refractivity contribution is 0.797. The Morgan fingerprint density at radius 2 is 2.07 bits per heavy atom. The molecule has 0 aliphatic rings. The summed E-state index contributed by atoms with van der Waals surface area (Å²) in [5.41, 5.74) is 2.20. The molecule has 0 N–H and O–H groups in total. The zero-order valence-electron chi connectivity index (χ0n) is 8.93. The van der Waals surface area contributed by atoms with Crippen molar-refractivity contribution in [1.82, 2.24) is 9.55 Å². The first-order chi connectivity index (χ1) is 7.40. The molecular formula is C13H15N2. The highest BCUT2D eigenvalue weighted by Crippen LogP contribution is 2.16. The monoisotopic (exact) mass is 199 g/mol. The zero-order chi connectivity index (χ0) is 10.5. The molecule has 0 bridgehead atoms. The molecule has 0 amide bonds. The predicted molar refractivity (Wildman–Crippen MR) is 62.3 cm³/mol. The van der Waals surface area contributed by atoms with Crippen molar-refractivity contribution in [3.8, 4) is 11.3 Å². The van der Waals surface area contributed by atoms with Crippen molar-refractivity contribution in [2.24, 2.45) is 0 Å². The minimum atomic E-state index is 1.03. The summed E-state index contributed by atoms with van der Waals surface area (Å²) in [6.45, 7) is 4.32. The van der Waals surface area contributed by atoms with Crippen LogP contribution in [0.3, 0.4) is 0 Å². The first kappa shape index (κ1) is 9.97. The van der Waals surface area contributed by atoms with Gasteiger partial charge < -0.3 is 4.57 Å². The lowest BCUT2D eigenvalue weighted by Gasteiger charge is -1.97. The van der Waals surface area contributed by atoms with Gasteiger partial charge in [-0.05, 0) is 6.42 Å². The van der Waals surface area contributed by atoms with Crippen molar-refractivity contribution >= 4 is 0 Å². The third kappa shape index (κ3) is 2.46. The molecule has 1 aromatic heterocycles. The topological polar surface area (TPSA) is 17.8 Å². The highest BCUT2D eigenvalue weighted by Gasteiger charge is 2.00. The van der Waals surface area contributed by atoms with Crippen molar-refractivity contribution in [3.63, 3.8) is 0 Å². The molecule has 2 aromatic rings. The van der Waals surface area contributed by atoms with E-state index >= 15 is 0 Å². The molecule has 0 aliphatic carbocycles. The third-order valence-corrected chi connectivity index (χ3v) is 2.30. The van der Waals surface area contributed by atoms with Gasteiger partial charge in [-0.1, -0.05) is 43.7 Å². The van der Waals surface area contributed by atoms with Crippen molar-refractivity contribution in [2.45, 2.75) is 19.8 Å². The summed E-state index contributed by atoms with van der Waals surface area (Å²) in [5, 5.41) is 0. The van der Waals surface area contributed by atoms with E-state index in [1.165, 1.54) is 12.0 Å². The number of benzene rings is 1. The molecule has 0 unspecified atom stereocenters. The maximum Gasteiger partial charge on any atom is 0.0957 e. The lowest BCUT2D eigenvalue weighted by atomic mass is 10.2. The van der Waals surface area contributed by atoms with Gasteiger partial charge in [-0.15, -0.1) is 0 Å². The highest BCUT2D eigenvalue weighted by atomic mass is 15.0. The Bertz CT molecular complexity index is 403. The van der Waals surface area contributed by atoms with Crippen LogP contribution in [-0.4, -0.2) is 9.55 Å². The summed E-state index contributed by atoms with van der Waals surface area (Å²) in [5.74, 6) is 0. The smallest absolute Gasteiger partial charge is 0.0957 e. The van der Waals surface area contributed by atoms with Crippen LogP contribution in [0.4, 0.5) is 0 Å². The highest BCUT2D eigenvalue weighted by molar-refractivity contribution is 5.57. The molecule has 0 atom stereocenters. The van der Waals surface area contributed by atoms with Gasteiger partial charge in [0.25, 0.3) is 0 Å². The van der Waals surface area contributed by atoms with E-state index in [0.717, 1.165) is 12.1 Å². The molecule has 2 heteroatoms. The van der Waals surface area contributed by atoms with Gasteiger partial charge in [-0.25, -0.2) is 4.98 Å². The second-order valence-electron chi connectivity index (χ2n) is 3.54. The molecule has 1 heterocycles. The summed E-state index contributed by atoms with van der Waals surface area (Å²) in [4.78, 5) is 4.37. The van der Waals surface area contributed by atoms with Crippen molar-refractivity contribution in [3.05, 3.63) is 49.4 Å². The second kappa shape index (κ2) is 4.78. The summed E-state index contributed by atoms with van der Waals surface area (Å²) in [7, 11) is 0. The first-order valence-corrected chi connectivity index (χ1v) is 5.32. The maximum atomic E-state index is 4.37. The zero-order valence-corrected chi connectivity index (χ0v) is 8.93. The molecule has 0 saturated heterocycles. The van der Waals surface area contributed by atoms with Crippen LogP contribution in [0.15, 0.2) is 42.9 Å². The Morgan fingerprint density at radius 3 is 2.80 bits per heavy atom. The Morgan fingerprint density at radius 1 is 1.27 bits per heavy atom. The van der Waals surface area contributed by atoms with Crippen LogP contribution in [0.2, 0.25) is 0 Å². The first-order valence-electron chi connectivity index (χ1n) is 5.32. The normalized spacial score (nSPS) is 10.5. The van der Waals surface area contributed by atoms with Crippen LogP contribution < -0.4 is 0 Å². The minimum Gasteiger partial charge on any atom is -0.332 e. The molecule has 0 saturated carbocycles. The standard InChI is InChI=1S/C13H15N2/c1-2-3-9-15-10-13(14-11-15)12-7-5-4-6-8-12/h4-11H,2-3H2,1H3. The summed E-state index contributed by atoms with van der Waals surface area (Å²) in [6, 6.07) is 10.2. The van der Waals surface area contributed by atoms with Gasteiger partial charge in [0.1, 0.15) is 0 Å². The van der Waals surface area contributed by atoms with Gasteiger partial charge in [0.15, 0.2) is 0 Å². The minimum absolute atomic E-state index is 1.03. The van der Waals surface area contributed by atoms with Gasteiger partial charge in [-0.2, -0.15) is 0 Å². The van der Waals surface area contributed by atoms with Crippen LogP contribution in [0.5, 0.6) is 0 Å². The van der Waals surface area contributed by atoms with Crippen LogP contribution in [0.1, 0.15) is 19.8 Å². The second-order valence-corrected chi connectivity index (χ2v) is 3.54. The van der Waals surface area contributed by atoms with Crippen molar-refractivity contribution in [2.75, 3.05) is 0 Å². The van der Waals surface area contributed by atoms with Gasteiger partial charge in [0.2, 0.25) is 0 Å². The Hall–Kier alpha value is -1.57. The molecule has 0 aliphatic heterocycles. The molecule has 0 fully saturated rings. The molecule has 0 spiro atoms. The van der Waals surface area contributed by atoms with Crippen LogP contribution >= 0.6 is 0 Å². The summed E-state index contributed by atoms with van der Waals surface area (Å²) < 4.78 is 2.03. The summed E-state index contributed by atoms with van der Waals surface area (Å²) in [6.07, 6.45) is 6.17. The van der Waals surface area contributed by atoms with Crippen molar-refractivity contribution in [1.29, 1.82) is 0 Å². The van der Waals surface area contributed by atoms with Crippen molar-refractivity contribution < 1.29 is 0 Å². The quantitative estimate of drug-likeness (QED) is 0.738. The van der Waals surface area contributed by atoms with E-state index in [4.69, 9.17) is 0 Å². The fourth-order valence-corrected chi connectivity index (χ4v) is 1.47. The molecule has 1 aromatic carbocycles. The molecule has 15 heavy (non-hydrogen) atoms. The average molecular weight is 199 g/mol. The predicted octanol–water partition coefficient (Wildman–Crippen LogP) is 3.36. The number of hydrogen-bond acceptors (Lipinski definition) is 1. The van der Waals surface area contributed by atoms with E-state index in [1.807, 2.05) is 29.1 Å². The van der Waals surface area contributed by atoms with E-state index < -0.39 is 0 Å². The summed E-state index contributed by atoms with van der Waals surface area (Å²) >= 11 is 0. The van der Waals surface area contributed by atoms with Gasteiger partial charge >= 0.3 is 0 Å². The Labute approximate surface area is 90.6 Å². The van der Waals surface area contributed by atoms with E-state index in [2.05, 4.69) is 36.8 Å². The third-order valence-electron chi connectivity index (χ3n) is 2.30. The van der Waals surface area contributed by atoms with E-state index in [9.17, 15) is 0 Å². The molecule has 77 valence electrons. The average Bonchev–Trinajstić information content (AvgIpc) is 2.76. The Balaban J connectivity index is 2.14. The molecule has 1 radical (unpaired) electrons. The molecule has 2 rings (SSSR count). The molecular weight excluding hydrogens is 184 g/mol. The van der Waals surface area contributed by atoms with Gasteiger partial charge in [0, 0.05) is 11.8 Å². The number of rotatable bonds is 4. The van der Waals surface area contributed by atoms with Crippen LogP contribution in [-0.2, 0) is 0 Å². The lowest BCUT2D eigenvalue weighted by Crippen LogP contribution is -1.89.